The maximum atomic E-state index is 13.8. The number of aliphatic hydroxyl groups excluding tert-OH is 1. The second kappa shape index (κ2) is 8.59. The molecule has 186 valence electrons. The molecule has 4 heterocycles. The van der Waals surface area contributed by atoms with Crippen LogP contribution in [0.1, 0.15) is 63.4 Å². The van der Waals surface area contributed by atoms with E-state index in [2.05, 4.69) is 25.7 Å². The second-order valence-corrected chi connectivity index (χ2v) is 10.5. The Bertz CT molecular complexity index is 1310. The van der Waals surface area contributed by atoms with E-state index in [1.807, 2.05) is 27.0 Å². The molecule has 2 fully saturated rings. The Hall–Kier alpha value is -3.54. The highest BCUT2D eigenvalue weighted by Gasteiger charge is 2.45. The summed E-state index contributed by atoms with van der Waals surface area (Å²) in [4.78, 5) is 44.9. The number of amides is 2. The molecule has 0 aromatic carbocycles. The van der Waals surface area contributed by atoms with Gasteiger partial charge in [0.2, 0.25) is 11.8 Å². The first-order valence-corrected chi connectivity index (χ1v) is 11.9. The molecule has 12 nitrogen and oxygen atoms in total. The maximum absolute atomic E-state index is 13.8. The molecule has 1 aliphatic carbocycles. The number of nitrogens with zero attached hydrogens (tertiary/aromatic N) is 6. The van der Waals surface area contributed by atoms with Gasteiger partial charge in [0.15, 0.2) is 5.65 Å². The first kappa shape index (κ1) is 23.2. The molecule has 0 unspecified atom stereocenters. The molecule has 0 bridgehead atoms. The fraction of sp³-hybridized carbons (Fsp3) is 0.565. The van der Waals surface area contributed by atoms with Gasteiger partial charge in [-0.25, -0.2) is 14.2 Å². The number of aromatic nitrogens is 6. The van der Waals surface area contributed by atoms with Crippen LogP contribution < -0.4 is 10.9 Å². The molecular formula is C23H30N8O4. The van der Waals surface area contributed by atoms with Crippen molar-refractivity contribution in [2.24, 2.45) is 5.41 Å². The van der Waals surface area contributed by atoms with Gasteiger partial charge in [-0.05, 0) is 18.3 Å². The minimum atomic E-state index is -0.842. The predicted octanol–water partition coefficient (Wildman–Crippen LogP) is 0.357. The number of aliphatic hydroxyl groups is 1. The second-order valence-electron chi connectivity index (χ2n) is 10.5. The zero-order valence-corrected chi connectivity index (χ0v) is 20.0. The number of fused-ring (bicyclic) bond motifs is 1. The number of nitrogens with one attached hydrogen (secondary N) is 2. The summed E-state index contributed by atoms with van der Waals surface area (Å²) in [5, 5.41) is 24.4. The number of hydrogen-bond acceptors (Lipinski definition) is 7. The minimum Gasteiger partial charge on any atom is -0.391 e. The average Bonchev–Trinajstić information content (AvgIpc) is 3.17. The number of H-pyrrole nitrogens is 1. The quantitative estimate of drug-likeness (QED) is 0.459. The summed E-state index contributed by atoms with van der Waals surface area (Å²) >= 11 is 0. The minimum absolute atomic E-state index is 0.0287. The molecule has 3 aromatic rings. The van der Waals surface area contributed by atoms with Crippen LogP contribution in [0.25, 0.3) is 5.65 Å². The van der Waals surface area contributed by atoms with E-state index in [0.29, 0.717) is 17.3 Å². The van der Waals surface area contributed by atoms with Gasteiger partial charge in [-0.2, -0.15) is 0 Å². The number of β-amino-alcohol motifs (C(OH)–C–C–N with tert-alkyl or cyclic N) is 1. The van der Waals surface area contributed by atoms with Gasteiger partial charge in [0, 0.05) is 43.4 Å². The van der Waals surface area contributed by atoms with Gasteiger partial charge < -0.3 is 15.3 Å². The lowest BCUT2D eigenvalue weighted by Gasteiger charge is -2.34. The number of carbonyl (C=O) groups is 2. The van der Waals surface area contributed by atoms with Crippen LogP contribution in [0.15, 0.2) is 29.3 Å². The van der Waals surface area contributed by atoms with Crippen LogP contribution in [0.3, 0.4) is 0 Å². The zero-order valence-electron chi connectivity index (χ0n) is 20.0. The standard InChI is InChI=1S/C23H30N8O4/c1-23(2,3)20(30-12-16(27-28-30)13-4-5-13)22(35)29-11-15(32)9-17(29)21(34)24-10-14-8-19(33)31-18(26-14)6-7-25-31/h6-8,12-13,15,17,20,25,32H,4-5,9-11H2,1-3H3,(H,24,34)/t15-,17+,20-/m1/s1. The Balaban J connectivity index is 1.33. The number of likely N-dealkylation sites (tertiary alicyclic amines) is 1. The van der Waals surface area contributed by atoms with E-state index < -0.39 is 29.5 Å². The monoisotopic (exact) mass is 482 g/mol. The molecule has 2 aliphatic rings. The molecule has 2 amide bonds. The van der Waals surface area contributed by atoms with E-state index >= 15 is 0 Å². The number of aromatic amines is 1. The smallest absolute Gasteiger partial charge is 0.272 e. The lowest BCUT2D eigenvalue weighted by molar-refractivity contribution is -0.144. The van der Waals surface area contributed by atoms with Gasteiger partial charge in [-0.15, -0.1) is 5.10 Å². The maximum Gasteiger partial charge on any atom is 0.272 e. The summed E-state index contributed by atoms with van der Waals surface area (Å²) in [6, 6.07) is 1.48. The lowest BCUT2D eigenvalue weighted by Crippen LogP contribution is -2.50. The molecule has 3 aromatic heterocycles. The van der Waals surface area contributed by atoms with E-state index in [1.165, 1.54) is 15.5 Å². The number of rotatable bonds is 6. The first-order chi connectivity index (χ1) is 16.6. The van der Waals surface area contributed by atoms with Crippen LogP contribution in [-0.2, 0) is 16.1 Å². The Kier molecular flexibility index (Phi) is 5.70. The SMILES string of the molecule is CC(C)(C)[C@@H](C(=O)N1C[C@H](O)C[C@H]1C(=O)NCc1cc(=O)n2[nH]ccc2n1)n1cc(C2CC2)nn1. The predicted molar refractivity (Wildman–Crippen MR) is 124 cm³/mol. The van der Waals surface area contributed by atoms with Crippen molar-refractivity contribution < 1.29 is 14.7 Å². The van der Waals surface area contributed by atoms with Crippen molar-refractivity contribution in [2.75, 3.05) is 6.54 Å². The Morgan fingerprint density at radius 3 is 2.80 bits per heavy atom. The Morgan fingerprint density at radius 1 is 1.31 bits per heavy atom. The molecule has 1 saturated carbocycles. The summed E-state index contributed by atoms with van der Waals surface area (Å²) in [5.41, 5.74) is 0.941. The van der Waals surface area contributed by atoms with Gasteiger partial charge in [0.1, 0.15) is 12.1 Å². The van der Waals surface area contributed by atoms with Crippen molar-refractivity contribution in [3.8, 4) is 0 Å². The third kappa shape index (κ3) is 4.57. The molecule has 0 spiro atoms. The van der Waals surface area contributed by atoms with Gasteiger partial charge in [-0.3, -0.25) is 19.5 Å². The molecule has 3 atom stereocenters. The highest BCUT2D eigenvalue weighted by atomic mass is 16.3. The molecule has 0 radical (unpaired) electrons. The summed E-state index contributed by atoms with van der Waals surface area (Å²) in [6.45, 7) is 5.91. The lowest BCUT2D eigenvalue weighted by atomic mass is 9.85. The number of hydrogen-bond donors (Lipinski definition) is 3. The fourth-order valence-corrected chi connectivity index (χ4v) is 4.69. The van der Waals surface area contributed by atoms with Crippen LogP contribution in [0.2, 0.25) is 0 Å². The van der Waals surface area contributed by atoms with Crippen LogP contribution in [0.4, 0.5) is 0 Å². The van der Waals surface area contributed by atoms with E-state index in [-0.39, 0.29) is 31.0 Å². The molecular weight excluding hydrogens is 452 g/mol. The van der Waals surface area contributed by atoms with Crippen LogP contribution in [0.5, 0.6) is 0 Å². The van der Waals surface area contributed by atoms with Crippen molar-refractivity contribution in [1.29, 1.82) is 0 Å². The molecule has 5 rings (SSSR count). The van der Waals surface area contributed by atoms with Crippen molar-refractivity contribution in [3.63, 3.8) is 0 Å². The van der Waals surface area contributed by atoms with Crippen LogP contribution in [-0.4, -0.2) is 70.1 Å². The molecule has 1 saturated heterocycles. The van der Waals surface area contributed by atoms with Gasteiger partial charge in [0.05, 0.1) is 24.0 Å². The van der Waals surface area contributed by atoms with E-state index in [4.69, 9.17) is 0 Å². The Labute approximate surface area is 201 Å². The van der Waals surface area contributed by atoms with Crippen molar-refractivity contribution in [3.05, 3.63) is 46.3 Å². The highest BCUT2D eigenvalue weighted by molar-refractivity contribution is 5.90. The summed E-state index contributed by atoms with van der Waals surface area (Å²) in [7, 11) is 0. The van der Waals surface area contributed by atoms with E-state index in [1.54, 1.807) is 16.9 Å². The average molecular weight is 483 g/mol. The van der Waals surface area contributed by atoms with Crippen molar-refractivity contribution in [1.82, 2.24) is 39.8 Å². The zero-order chi connectivity index (χ0) is 24.9. The summed E-state index contributed by atoms with van der Waals surface area (Å²) in [5.74, 6) is -0.291. The summed E-state index contributed by atoms with van der Waals surface area (Å²) < 4.78 is 2.89. The molecule has 3 N–H and O–H groups in total. The van der Waals surface area contributed by atoms with Gasteiger partial charge in [-0.1, -0.05) is 26.0 Å². The fourth-order valence-electron chi connectivity index (χ4n) is 4.69. The van der Waals surface area contributed by atoms with Gasteiger partial charge >= 0.3 is 0 Å². The topological polar surface area (TPSA) is 151 Å². The van der Waals surface area contributed by atoms with E-state index in [0.717, 1.165) is 18.5 Å². The number of carbonyl (C=O) groups excluding carboxylic acids is 2. The first-order valence-electron chi connectivity index (χ1n) is 11.9. The van der Waals surface area contributed by atoms with Crippen molar-refractivity contribution in [2.45, 2.75) is 70.7 Å². The molecule has 35 heavy (non-hydrogen) atoms. The van der Waals surface area contributed by atoms with Crippen molar-refractivity contribution >= 4 is 17.5 Å². The third-order valence-electron chi connectivity index (χ3n) is 6.58. The van der Waals surface area contributed by atoms with Crippen LogP contribution in [0, 0.1) is 5.41 Å². The largest absolute Gasteiger partial charge is 0.391 e. The normalized spacial score (nSPS) is 21.4. The summed E-state index contributed by atoms with van der Waals surface area (Å²) in [6.07, 6.45) is 4.90. The highest BCUT2D eigenvalue weighted by Crippen LogP contribution is 2.40. The Morgan fingerprint density at radius 2 is 2.09 bits per heavy atom. The molecule has 1 aliphatic heterocycles. The third-order valence-corrected chi connectivity index (χ3v) is 6.58. The van der Waals surface area contributed by atoms with Crippen LogP contribution >= 0.6 is 0 Å². The van der Waals surface area contributed by atoms with E-state index in [9.17, 15) is 19.5 Å². The van der Waals surface area contributed by atoms with Gasteiger partial charge in [0.25, 0.3) is 5.56 Å². The molecule has 12 heteroatoms.